The van der Waals surface area contributed by atoms with Crippen molar-refractivity contribution < 1.29 is 0 Å². The fourth-order valence-corrected chi connectivity index (χ4v) is 1.04. The molecule has 1 unspecified atom stereocenters. The van der Waals surface area contributed by atoms with Gasteiger partial charge >= 0.3 is 0 Å². The predicted octanol–water partition coefficient (Wildman–Crippen LogP) is -0.785. The van der Waals surface area contributed by atoms with E-state index in [0.717, 1.165) is 0 Å². The summed E-state index contributed by atoms with van der Waals surface area (Å²) in [5.41, 5.74) is 11.1. The molecule has 0 amide bonds. The van der Waals surface area contributed by atoms with E-state index in [4.69, 9.17) is 5.73 Å². The highest BCUT2D eigenvalue weighted by atomic mass is 15.8. The van der Waals surface area contributed by atoms with E-state index >= 15 is 0 Å². The summed E-state index contributed by atoms with van der Waals surface area (Å²) in [5, 5.41) is 5.50. The molecule has 1 atom stereocenters. The number of guanidine groups is 1. The third-order valence-electron chi connectivity index (χ3n) is 1.67. The zero-order valence-electron chi connectivity index (χ0n) is 8.64. The third kappa shape index (κ3) is 2.61. The molecular weight excluding hydrogens is 194 g/mol. The van der Waals surface area contributed by atoms with E-state index in [0.29, 0.717) is 18.3 Å². The van der Waals surface area contributed by atoms with E-state index in [-0.39, 0.29) is 6.04 Å². The van der Waals surface area contributed by atoms with Crippen LogP contribution >= 0.6 is 0 Å². The van der Waals surface area contributed by atoms with E-state index < -0.39 is 0 Å². The van der Waals surface area contributed by atoms with Gasteiger partial charge in [0.2, 0.25) is 5.96 Å². The molecule has 0 aromatic heterocycles. The maximum atomic E-state index is 5.72. The number of hydrogen-bond acceptors (Lipinski definition) is 5. The van der Waals surface area contributed by atoms with Crippen LogP contribution in [-0.2, 0) is 0 Å². The molecular formula is C8H15N7. The van der Waals surface area contributed by atoms with Crippen LogP contribution in [-0.4, -0.2) is 36.1 Å². The molecule has 1 aliphatic heterocycles. The first-order chi connectivity index (χ1) is 7.20. The molecule has 0 fully saturated rings. The highest BCUT2D eigenvalue weighted by molar-refractivity contribution is 6.03. The van der Waals surface area contributed by atoms with Crippen LogP contribution < -0.4 is 16.8 Å². The van der Waals surface area contributed by atoms with Crippen molar-refractivity contribution in [2.75, 3.05) is 6.54 Å². The summed E-state index contributed by atoms with van der Waals surface area (Å²) in [6.07, 6.45) is 1.66. The Morgan fingerprint density at radius 2 is 2.53 bits per heavy atom. The van der Waals surface area contributed by atoms with Crippen LogP contribution in [0.5, 0.6) is 0 Å². The Labute approximate surface area is 88.4 Å². The molecule has 7 nitrogen and oxygen atoms in total. The van der Waals surface area contributed by atoms with E-state index in [2.05, 4.69) is 39.5 Å². The number of nitrogens with one attached hydrogen (secondary N) is 2. The predicted molar refractivity (Wildman–Crippen MR) is 61.2 cm³/mol. The third-order valence-corrected chi connectivity index (χ3v) is 1.67. The first-order valence-corrected chi connectivity index (χ1v) is 4.46. The molecule has 0 radical (unpaired) electrons. The van der Waals surface area contributed by atoms with Crippen molar-refractivity contribution in [3.63, 3.8) is 0 Å². The van der Waals surface area contributed by atoms with Gasteiger partial charge in [0.15, 0.2) is 5.84 Å². The molecule has 1 aliphatic rings. The van der Waals surface area contributed by atoms with Crippen molar-refractivity contribution in [2.45, 2.75) is 13.0 Å². The van der Waals surface area contributed by atoms with E-state index in [9.17, 15) is 0 Å². The van der Waals surface area contributed by atoms with Gasteiger partial charge in [0.05, 0.1) is 12.6 Å². The molecule has 0 saturated heterocycles. The van der Waals surface area contributed by atoms with Gasteiger partial charge in [-0.3, -0.25) is 0 Å². The smallest absolute Gasteiger partial charge is 0.242 e. The average Bonchev–Trinajstić information content (AvgIpc) is 2.68. The highest BCUT2D eigenvalue weighted by Gasteiger charge is 2.24. The van der Waals surface area contributed by atoms with E-state index in [1.165, 1.54) is 0 Å². The SMILES string of the molecule is C=CCN=C(N=C)N1NNN=C1C(C)N. The molecule has 0 aromatic rings. The molecule has 82 valence electrons. The Morgan fingerprint density at radius 1 is 1.80 bits per heavy atom. The summed E-state index contributed by atoms with van der Waals surface area (Å²) in [5.74, 6) is 1.00. The van der Waals surface area contributed by atoms with Crippen LogP contribution in [0.25, 0.3) is 0 Å². The number of hydrazone groups is 1. The quantitative estimate of drug-likeness (QED) is 0.323. The lowest BCUT2D eigenvalue weighted by Crippen LogP contribution is -2.49. The first kappa shape index (κ1) is 11.3. The molecule has 1 heterocycles. The largest absolute Gasteiger partial charge is 0.322 e. The lowest BCUT2D eigenvalue weighted by Gasteiger charge is -2.18. The van der Waals surface area contributed by atoms with Gasteiger partial charge < -0.3 is 5.73 Å². The molecule has 15 heavy (non-hydrogen) atoms. The average molecular weight is 209 g/mol. The first-order valence-electron chi connectivity index (χ1n) is 4.46. The fraction of sp³-hybridized carbons (Fsp3) is 0.375. The van der Waals surface area contributed by atoms with Crippen molar-refractivity contribution in [3.8, 4) is 0 Å². The van der Waals surface area contributed by atoms with Gasteiger partial charge in [-0.2, -0.15) is 0 Å². The Hall–Kier alpha value is -1.73. The van der Waals surface area contributed by atoms with Gasteiger partial charge in [0.1, 0.15) is 0 Å². The summed E-state index contributed by atoms with van der Waals surface area (Å²) in [6.45, 7) is 9.27. The Balaban J connectivity index is 2.81. The molecule has 0 spiro atoms. The normalized spacial score (nSPS) is 18.1. The van der Waals surface area contributed by atoms with Gasteiger partial charge in [0.25, 0.3) is 0 Å². The van der Waals surface area contributed by atoms with Crippen LogP contribution in [0.2, 0.25) is 0 Å². The van der Waals surface area contributed by atoms with Gasteiger partial charge in [-0.05, 0) is 13.6 Å². The van der Waals surface area contributed by atoms with Crippen molar-refractivity contribution in [2.24, 2.45) is 20.8 Å². The number of hydrogen-bond donors (Lipinski definition) is 3. The standard InChI is InChI=1S/C8H15N7/c1-4-5-11-8(10-3)15-7(6(2)9)12-13-14-15/h4,6,13-14H,1,3,5,9H2,2H3. The number of amidine groups is 1. The summed E-state index contributed by atoms with van der Waals surface area (Å²) >= 11 is 0. The minimum Gasteiger partial charge on any atom is -0.322 e. The fourth-order valence-electron chi connectivity index (χ4n) is 1.04. The summed E-state index contributed by atoms with van der Waals surface area (Å²) in [4.78, 5) is 7.91. The Kier molecular flexibility index (Phi) is 3.95. The lowest BCUT2D eigenvalue weighted by atomic mass is 10.3. The van der Waals surface area contributed by atoms with Crippen LogP contribution in [0.1, 0.15) is 6.92 Å². The zero-order valence-corrected chi connectivity index (χ0v) is 8.64. The maximum absolute atomic E-state index is 5.72. The minimum absolute atomic E-state index is 0.233. The molecule has 1 rings (SSSR count). The highest BCUT2D eigenvalue weighted by Crippen LogP contribution is 2.00. The van der Waals surface area contributed by atoms with E-state index in [1.54, 1.807) is 11.1 Å². The van der Waals surface area contributed by atoms with Gasteiger partial charge in [-0.15, -0.1) is 17.2 Å². The Bertz CT molecular complexity index is 304. The van der Waals surface area contributed by atoms with Gasteiger partial charge in [0, 0.05) is 0 Å². The number of nitrogens with two attached hydrogens (primary N) is 1. The van der Waals surface area contributed by atoms with Gasteiger partial charge in [-0.1, -0.05) is 6.08 Å². The van der Waals surface area contributed by atoms with Crippen molar-refractivity contribution in [3.05, 3.63) is 12.7 Å². The molecule has 7 heteroatoms. The Morgan fingerprint density at radius 3 is 3.07 bits per heavy atom. The van der Waals surface area contributed by atoms with Crippen molar-refractivity contribution in [1.29, 1.82) is 0 Å². The molecule has 0 bridgehead atoms. The lowest BCUT2D eigenvalue weighted by molar-refractivity contribution is 0.405. The monoisotopic (exact) mass is 209 g/mol. The van der Waals surface area contributed by atoms with Crippen molar-refractivity contribution in [1.82, 2.24) is 16.1 Å². The number of rotatable bonds is 3. The summed E-state index contributed by atoms with van der Waals surface area (Å²) < 4.78 is 0. The molecule has 4 N–H and O–H groups in total. The number of hydrazine groups is 2. The minimum atomic E-state index is -0.233. The molecule has 0 saturated carbocycles. The summed E-state index contributed by atoms with van der Waals surface area (Å²) in [6, 6.07) is -0.233. The van der Waals surface area contributed by atoms with Crippen LogP contribution in [0.15, 0.2) is 27.7 Å². The second-order valence-corrected chi connectivity index (χ2v) is 2.91. The topological polar surface area (TPSA) is 90.4 Å². The molecule has 0 aliphatic carbocycles. The van der Waals surface area contributed by atoms with Gasteiger partial charge in [-0.25, -0.2) is 20.5 Å². The number of aliphatic imine (C=N–C) groups is 2. The second-order valence-electron chi connectivity index (χ2n) is 2.91. The van der Waals surface area contributed by atoms with Crippen LogP contribution in [0.3, 0.4) is 0 Å². The van der Waals surface area contributed by atoms with Crippen molar-refractivity contribution >= 4 is 18.5 Å². The zero-order chi connectivity index (χ0) is 11.3. The van der Waals surface area contributed by atoms with Crippen LogP contribution in [0, 0.1) is 0 Å². The van der Waals surface area contributed by atoms with Crippen LogP contribution in [0.4, 0.5) is 0 Å². The van der Waals surface area contributed by atoms with E-state index in [1.807, 2.05) is 6.92 Å². The molecule has 0 aromatic carbocycles. The summed E-state index contributed by atoms with van der Waals surface area (Å²) in [7, 11) is 0. The second kappa shape index (κ2) is 5.23. The maximum Gasteiger partial charge on any atom is 0.242 e. The number of nitrogens with zero attached hydrogens (tertiary/aromatic N) is 4.